The SMILES string of the molecule is c1csc2c(ccc3c2ccc2sccsc23)s1. The van der Waals surface area contributed by atoms with Gasteiger partial charge in [-0.15, -0.1) is 45.3 Å². The Kier molecular flexibility index (Phi) is 2.62. The van der Waals surface area contributed by atoms with E-state index >= 15 is 0 Å². The molecule has 0 spiro atoms. The molecular formula is C14H8S4. The Hall–Kier alpha value is -0.940. The van der Waals surface area contributed by atoms with Gasteiger partial charge in [-0.1, -0.05) is 12.1 Å². The monoisotopic (exact) mass is 304 g/mol. The molecule has 0 radical (unpaired) electrons. The van der Waals surface area contributed by atoms with Crippen LogP contribution < -0.4 is 0 Å². The lowest BCUT2D eigenvalue weighted by atomic mass is 10.1. The van der Waals surface area contributed by atoms with E-state index in [-0.39, 0.29) is 0 Å². The maximum Gasteiger partial charge on any atom is 0.0521 e. The van der Waals surface area contributed by atoms with Gasteiger partial charge >= 0.3 is 0 Å². The van der Waals surface area contributed by atoms with Crippen LogP contribution in [0.3, 0.4) is 0 Å². The van der Waals surface area contributed by atoms with Crippen molar-refractivity contribution in [3.05, 3.63) is 45.8 Å². The summed E-state index contributed by atoms with van der Waals surface area (Å²) in [5.74, 6) is 0. The predicted octanol–water partition coefficient (Wildman–Crippen LogP) is 6.52. The van der Waals surface area contributed by atoms with Crippen LogP contribution >= 0.6 is 45.3 Å². The van der Waals surface area contributed by atoms with Gasteiger partial charge in [-0.2, -0.15) is 0 Å². The lowest BCUT2D eigenvalue weighted by Gasteiger charge is -2.05. The second-order valence-electron chi connectivity index (χ2n) is 3.90. The van der Waals surface area contributed by atoms with Crippen LogP contribution in [0.15, 0.2) is 45.8 Å². The van der Waals surface area contributed by atoms with E-state index in [1.807, 2.05) is 45.3 Å². The fraction of sp³-hybridized carbons (Fsp3) is 0. The summed E-state index contributed by atoms with van der Waals surface area (Å²) >= 11 is 7.29. The first-order valence-electron chi connectivity index (χ1n) is 5.50. The fourth-order valence-electron chi connectivity index (χ4n) is 2.13. The number of hydrogen-bond acceptors (Lipinski definition) is 4. The third-order valence-corrected chi connectivity index (χ3v) is 7.13. The minimum absolute atomic E-state index is 1.37. The Morgan fingerprint density at radius 2 is 0.944 bits per heavy atom. The molecule has 0 amide bonds. The molecule has 0 bridgehead atoms. The molecule has 0 aliphatic rings. The minimum Gasteiger partial charge on any atom is -0.142 e. The summed E-state index contributed by atoms with van der Waals surface area (Å²) < 4.78 is 5.56. The van der Waals surface area contributed by atoms with Crippen LogP contribution in [0.1, 0.15) is 0 Å². The maximum atomic E-state index is 2.27. The van der Waals surface area contributed by atoms with Gasteiger partial charge in [0, 0.05) is 41.7 Å². The summed E-state index contributed by atoms with van der Waals surface area (Å²) in [6, 6.07) is 9.05. The number of fused-ring (bicyclic) bond motifs is 5. The summed E-state index contributed by atoms with van der Waals surface area (Å²) in [6.07, 6.45) is 0. The first-order valence-corrected chi connectivity index (χ1v) is 9.02. The molecule has 0 saturated carbocycles. The molecule has 0 aliphatic carbocycles. The normalized spacial score (nSPS) is 11.3. The Morgan fingerprint density at radius 3 is 1.44 bits per heavy atom. The fourth-order valence-corrected chi connectivity index (χ4v) is 5.87. The maximum absolute atomic E-state index is 2.27. The van der Waals surface area contributed by atoms with Crippen molar-refractivity contribution in [2.75, 3.05) is 0 Å². The van der Waals surface area contributed by atoms with Crippen molar-refractivity contribution in [2.24, 2.45) is 0 Å². The Morgan fingerprint density at radius 1 is 0.500 bits per heavy atom. The van der Waals surface area contributed by atoms with Crippen molar-refractivity contribution in [3.8, 4) is 0 Å². The van der Waals surface area contributed by atoms with Crippen molar-refractivity contribution in [1.82, 2.24) is 0 Å². The van der Waals surface area contributed by atoms with E-state index in [4.69, 9.17) is 0 Å². The molecule has 0 nitrogen and oxygen atoms in total. The van der Waals surface area contributed by atoms with Crippen LogP contribution in [0, 0.1) is 0 Å². The molecule has 0 fully saturated rings. The van der Waals surface area contributed by atoms with Crippen molar-refractivity contribution >= 4 is 74.9 Å². The standard InChI is InChI=1S/C14H8S4/c1-3-11-14(18-8-5-15-11)10-2-4-12-13(9(1)10)17-7-6-16-12/h1-8H. The average Bonchev–Trinajstić information content (AvgIpc) is 2.46. The third kappa shape index (κ3) is 1.61. The molecule has 18 heavy (non-hydrogen) atoms. The molecule has 0 aliphatic heterocycles. The molecular weight excluding hydrogens is 296 g/mol. The van der Waals surface area contributed by atoms with Gasteiger partial charge in [-0.3, -0.25) is 0 Å². The van der Waals surface area contributed by atoms with Crippen molar-refractivity contribution in [2.45, 2.75) is 0 Å². The van der Waals surface area contributed by atoms with E-state index < -0.39 is 0 Å². The zero-order valence-electron chi connectivity index (χ0n) is 9.25. The smallest absolute Gasteiger partial charge is 0.0521 e. The number of benzene rings is 2. The Bertz CT molecular complexity index is 811. The van der Waals surface area contributed by atoms with Crippen molar-refractivity contribution < 1.29 is 0 Å². The van der Waals surface area contributed by atoms with E-state index in [0.717, 1.165) is 0 Å². The highest BCUT2D eigenvalue weighted by molar-refractivity contribution is 7.28. The molecule has 4 rings (SSSR count). The highest BCUT2D eigenvalue weighted by Gasteiger charge is 2.05. The number of hydrogen-bond donors (Lipinski definition) is 0. The van der Waals surface area contributed by atoms with E-state index in [1.54, 1.807) is 0 Å². The van der Waals surface area contributed by atoms with Gasteiger partial charge < -0.3 is 0 Å². The van der Waals surface area contributed by atoms with Crippen LogP contribution in [-0.4, -0.2) is 0 Å². The molecule has 4 heteroatoms. The zero-order chi connectivity index (χ0) is 11.9. The van der Waals surface area contributed by atoms with Gasteiger partial charge in [0.2, 0.25) is 0 Å². The molecule has 0 atom stereocenters. The molecule has 88 valence electrons. The first kappa shape index (κ1) is 10.9. The topological polar surface area (TPSA) is 0 Å². The summed E-state index contributed by atoms with van der Waals surface area (Å²) in [4.78, 5) is 0. The minimum atomic E-state index is 1.37. The van der Waals surface area contributed by atoms with Crippen LogP contribution in [-0.2, 0) is 0 Å². The van der Waals surface area contributed by atoms with E-state index in [0.29, 0.717) is 0 Å². The van der Waals surface area contributed by atoms with Gasteiger partial charge in [-0.05, 0) is 12.1 Å². The van der Waals surface area contributed by atoms with E-state index in [9.17, 15) is 0 Å². The quantitative estimate of drug-likeness (QED) is 0.324. The summed E-state index contributed by atoms with van der Waals surface area (Å²) in [5.41, 5.74) is 0. The average molecular weight is 304 g/mol. The highest BCUT2D eigenvalue weighted by Crippen LogP contribution is 2.36. The highest BCUT2D eigenvalue weighted by atomic mass is 32.1. The number of rotatable bonds is 0. The van der Waals surface area contributed by atoms with Crippen molar-refractivity contribution in [3.63, 3.8) is 0 Å². The van der Waals surface area contributed by atoms with Gasteiger partial charge in [0.15, 0.2) is 0 Å². The molecule has 0 unspecified atom stereocenters. The van der Waals surface area contributed by atoms with Gasteiger partial charge in [-0.25, -0.2) is 0 Å². The van der Waals surface area contributed by atoms with Crippen LogP contribution in [0.25, 0.3) is 29.6 Å². The van der Waals surface area contributed by atoms with Crippen LogP contribution in [0.2, 0.25) is 0 Å². The lowest BCUT2D eigenvalue weighted by molar-refractivity contribution is 1.98. The summed E-state index contributed by atoms with van der Waals surface area (Å²) in [7, 11) is 0. The summed E-state index contributed by atoms with van der Waals surface area (Å²) in [6.45, 7) is 0. The van der Waals surface area contributed by atoms with Gasteiger partial charge in [0.25, 0.3) is 0 Å². The third-order valence-electron chi connectivity index (χ3n) is 2.90. The van der Waals surface area contributed by atoms with Gasteiger partial charge in [0.05, 0.1) is 9.40 Å². The van der Waals surface area contributed by atoms with E-state index in [1.165, 1.54) is 29.6 Å². The van der Waals surface area contributed by atoms with Crippen molar-refractivity contribution in [1.29, 1.82) is 0 Å². The molecule has 0 saturated heterocycles. The zero-order valence-corrected chi connectivity index (χ0v) is 12.5. The molecule has 2 aromatic heterocycles. The van der Waals surface area contributed by atoms with Gasteiger partial charge in [0.1, 0.15) is 0 Å². The second-order valence-corrected chi connectivity index (χ2v) is 7.62. The molecule has 2 heterocycles. The second kappa shape index (κ2) is 4.31. The van der Waals surface area contributed by atoms with E-state index in [2.05, 4.69) is 45.8 Å². The largest absolute Gasteiger partial charge is 0.142 e. The molecule has 4 aromatic rings. The Balaban J connectivity index is 2.31. The summed E-state index contributed by atoms with van der Waals surface area (Å²) in [5, 5.41) is 11.4. The Labute approximate surface area is 120 Å². The predicted molar refractivity (Wildman–Crippen MR) is 88.1 cm³/mol. The first-order chi connectivity index (χ1) is 8.93. The molecule has 0 N–H and O–H groups in total. The van der Waals surface area contributed by atoms with Crippen LogP contribution in [0.5, 0.6) is 0 Å². The molecule has 2 aromatic carbocycles. The lowest BCUT2D eigenvalue weighted by Crippen LogP contribution is -1.75. The van der Waals surface area contributed by atoms with Crippen LogP contribution in [0.4, 0.5) is 0 Å².